The first kappa shape index (κ1) is 15.2. The van der Waals surface area contributed by atoms with E-state index in [1.54, 1.807) is 0 Å². The smallest absolute Gasteiger partial charge is 0.260 e. The fourth-order valence-electron chi connectivity index (χ4n) is 2.80. The molecule has 1 saturated heterocycles. The van der Waals surface area contributed by atoms with Crippen LogP contribution in [0.2, 0.25) is 0 Å². The third-order valence-electron chi connectivity index (χ3n) is 4.02. The number of aromatic nitrogens is 2. The second kappa shape index (κ2) is 6.60. The number of nitrogens with zero attached hydrogens (tertiary/aromatic N) is 3. The number of ether oxygens (including phenoxy) is 1. The van der Waals surface area contributed by atoms with Gasteiger partial charge in [-0.05, 0) is 44.4 Å². The fraction of sp³-hybridized carbons (Fsp3) is 0.438. The molecule has 1 aromatic heterocycles. The van der Waals surface area contributed by atoms with E-state index in [0.29, 0.717) is 11.9 Å². The van der Waals surface area contributed by atoms with E-state index in [1.165, 1.54) is 12.7 Å². The molecule has 22 heavy (non-hydrogen) atoms. The van der Waals surface area contributed by atoms with Crippen LogP contribution >= 0.6 is 15.9 Å². The minimum absolute atomic E-state index is 0.0168. The molecule has 0 spiro atoms. The van der Waals surface area contributed by atoms with Gasteiger partial charge in [0.25, 0.3) is 5.91 Å². The molecule has 0 unspecified atom stereocenters. The molecule has 0 saturated carbocycles. The third-order valence-corrected chi connectivity index (χ3v) is 4.51. The first-order chi connectivity index (χ1) is 10.6. The minimum atomic E-state index is 0.0168. The van der Waals surface area contributed by atoms with Gasteiger partial charge >= 0.3 is 0 Å². The van der Waals surface area contributed by atoms with Crippen molar-refractivity contribution in [2.75, 3.05) is 13.2 Å². The van der Waals surface area contributed by atoms with Crippen LogP contribution in [0.15, 0.2) is 29.0 Å². The Morgan fingerprint density at radius 3 is 3.09 bits per heavy atom. The molecule has 1 amide bonds. The average molecular weight is 364 g/mol. The Kier molecular flexibility index (Phi) is 4.57. The van der Waals surface area contributed by atoms with E-state index < -0.39 is 0 Å². The topological polar surface area (TPSA) is 55.3 Å². The normalized spacial score (nSPS) is 18.5. The van der Waals surface area contributed by atoms with Crippen LogP contribution in [0.1, 0.15) is 26.2 Å². The number of benzene rings is 1. The second-order valence-corrected chi connectivity index (χ2v) is 6.48. The Labute approximate surface area is 137 Å². The Morgan fingerprint density at radius 1 is 1.41 bits per heavy atom. The van der Waals surface area contributed by atoms with E-state index >= 15 is 0 Å². The van der Waals surface area contributed by atoms with Crippen LogP contribution in [0.3, 0.4) is 0 Å². The summed E-state index contributed by atoms with van der Waals surface area (Å²) >= 11 is 3.43. The van der Waals surface area contributed by atoms with Gasteiger partial charge in [-0.25, -0.2) is 9.97 Å². The van der Waals surface area contributed by atoms with E-state index in [2.05, 4.69) is 32.8 Å². The van der Waals surface area contributed by atoms with Crippen molar-refractivity contribution >= 4 is 32.7 Å². The number of piperidine rings is 1. The van der Waals surface area contributed by atoms with Crippen LogP contribution in [0.4, 0.5) is 0 Å². The van der Waals surface area contributed by atoms with Gasteiger partial charge in [-0.15, -0.1) is 0 Å². The molecular weight excluding hydrogens is 346 g/mol. The molecule has 3 rings (SSSR count). The highest BCUT2D eigenvalue weighted by Crippen LogP contribution is 2.25. The summed E-state index contributed by atoms with van der Waals surface area (Å²) < 4.78 is 6.60. The summed E-state index contributed by atoms with van der Waals surface area (Å²) in [4.78, 5) is 22.6. The number of fused-ring (bicyclic) bond motifs is 1. The lowest BCUT2D eigenvalue weighted by atomic mass is 10.0. The second-order valence-electron chi connectivity index (χ2n) is 5.56. The highest BCUT2D eigenvalue weighted by Gasteiger charge is 2.23. The maximum Gasteiger partial charge on any atom is 0.260 e. The Bertz CT molecular complexity index is 692. The first-order valence-corrected chi connectivity index (χ1v) is 8.27. The maximum absolute atomic E-state index is 12.3. The molecule has 0 aliphatic carbocycles. The van der Waals surface area contributed by atoms with Crippen LogP contribution in [0.5, 0.6) is 5.88 Å². The van der Waals surface area contributed by atoms with Gasteiger partial charge in [-0.1, -0.05) is 15.9 Å². The van der Waals surface area contributed by atoms with Crippen molar-refractivity contribution in [3.63, 3.8) is 0 Å². The van der Waals surface area contributed by atoms with Gasteiger partial charge in [0.1, 0.15) is 6.33 Å². The Morgan fingerprint density at radius 2 is 2.27 bits per heavy atom. The van der Waals surface area contributed by atoms with Crippen molar-refractivity contribution in [1.29, 1.82) is 0 Å². The summed E-state index contributed by atoms with van der Waals surface area (Å²) in [5.74, 6) is 0.471. The van der Waals surface area contributed by atoms with Crippen LogP contribution in [-0.2, 0) is 4.79 Å². The molecule has 5 nitrogen and oxygen atoms in total. The van der Waals surface area contributed by atoms with Gasteiger partial charge in [0.15, 0.2) is 6.61 Å². The number of hydrogen-bond donors (Lipinski definition) is 0. The molecule has 1 aliphatic rings. The zero-order chi connectivity index (χ0) is 15.5. The van der Waals surface area contributed by atoms with Crippen molar-refractivity contribution < 1.29 is 9.53 Å². The van der Waals surface area contributed by atoms with Crippen LogP contribution in [0.25, 0.3) is 10.9 Å². The molecule has 1 atom stereocenters. The monoisotopic (exact) mass is 363 g/mol. The van der Waals surface area contributed by atoms with Gasteiger partial charge in [-0.2, -0.15) is 0 Å². The standard InChI is InChI=1S/C16H18BrN3O2/c1-11-4-2-3-7-20(11)15(21)9-22-16-13-8-12(17)5-6-14(13)18-10-19-16/h5-6,8,10-11H,2-4,7,9H2,1H3/t11-/m0/s1. The summed E-state index contributed by atoms with van der Waals surface area (Å²) in [7, 11) is 0. The SMILES string of the molecule is C[C@H]1CCCCN1C(=O)COc1ncnc2ccc(Br)cc12. The van der Waals surface area contributed by atoms with Gasteiger partial charge in [-0.3, -0.25) is 4.79 Å². The average Bonchev–Trinajstić information content (AvgIpc) is 2.53. The number of amides is 1. The lowest BCUT2D eigenvalue weighted by molar-refractivity contribution is -0.136. The molecule has 1 aromatic carbocycles. The van der Waals surface area contributed by atoms with Gasteiger partial charge < -0.3 is 9.64 Å². The van der Waals surface area contributed by atoms with Crippen molar-refractivity contribution in [3.8, 4) is 5.88 Å². The summed E-state index contributed by atoms with van der Waals surface area (Å²) in [6.07, 6.45) is 4.78. The van der Waals surface area contributed by atoms with E-state index in [1.807, 2.05) is 23.1 Å². The van der Waals surface area contributed by atoms with Crippen LogP contribution in [0, 0.1) is 0 Å². The van der Waals surface area contributed by atoms with Crippen LogP contribution in [-0.4, -0.2) is 40.0 Å². The lowest BCUT2D eigenvalue weighted by Gasteiger charge is -2.33. The van der Waals surface area contributed by atoms with Crippen molar-refractivity contribution in [3.05, 3.63) is 29.0 Å². The van der Waals surface area contributed by atoms with Crippen molar-refractivity contribution in [2.24, 2.45) is 0 Å². The molecule has 0 radical (unpaired) electrons. The lowest BCUT2D eigenvalue weighted by Crippen LogP contribution is -2.44. The molecule has 0 bridgehead atoms. The van der Waals surface area contributed by atoms with E-state index in [0.717, 1.165) is 34.8 Å². The number of carbonyl (C=O) groups excluding carboxylic acids is 1. The van der Waals surface area contributed by atoms with Gasteiger partial charge in [0.05, 0.1) is 10.9 Å². The van der Waals surface area contributed by atoms with Gasteiger partial charge in [0, 0.05) is 17.1 Å². The molecule has 2 aromatic rings. The van der Waals surface area contributed by atoms with Crippen molar-refractivity contribution in [1.82, 2.24) is 14.9 Å². The predicted octanol–water partition coefficient (Wildman–Crippen LogP) is 3.17. The Hall–Kier alpha value is -1.69. The van der Waals surface area contributed by atoms with Gasteiger partial charge in [0.2, 0.25) is 5.88 Å². The maximum atomic E-state index is 12.3. The molecule has 6 heteroatoms. The van der Waals surface area contributed by atoms with E-state index in [9.17, 15) is 4.79 Å². The molecule has 1 fully saturated rings. The molecule has 2 heterocycles. The zero-order valence-corrected chi connectivity index (χ0v) is 14.0. The highest BCUT2D eigenvalue weighted by molar-refractivity contribution is 9.10. The summed E-state index contributed by atoms with van der Waals surface area (Å²) in [6.45, 7) is 2.93. The Balaban J connectivity index is 1.73. The summed E-state index contributed by atoms with van der Waals surface area (Å²) in [6, 6.07) is 6.00. The molecular formula is C16H18BrN3O2. The number of rotatable bonds is 3. The third kappa shape index (κ3) is 3.21. The molecule has 116 valence electrons. The highest BCUT2D eigenvalue weighted by atomic mass is 79.9. The summed E-state index contributed by atoms with van der Waals surface area (Å²) in [5.41, 5.74) is 0.798. The quantitative estimate of drug-likeness (QED) is 0.840. The summed E-state index contributed by atoms with van der Waals surface area (Å²) in [5, 5.41) is 0.802. The van der Waals surface area contributed by atoms with E-state index in [4.69, 9.17) is 4.74 Å². The number of likely N-dealkylation sites (tertiary alicyclic amines) is 1. The molecule has 0 N–H and O–H groups in total. The fourth-order valence-corrected chi connectivity index (χ4v) is 3.16. The predicted molar refractivity (Wildman–Crippen MR) is 87.8 cm³/mol. The minimum Gasteiger partial charge on any atom is -0.467 e. The van der Waals surface area contributed by atoms with E-state index in [-0.39, 0.29) is 12.5 Å². The zero-order valence-electron chi connectivity index (χ0n) is 12.5. The number of halogens is 1. The first-order valence-electron chi connectivity index (χ1n) is 7.47. The number of hydrogen-bond acceptors (Lipinski definition) is 4. The molecule has 1 aliphatic heterocycles. The number of carbonyl (C=O) groups is 1. The van der Waals surface area contributed by atoms with Crippen LogP contribution < -0.4 is 4.74 Å². The largest absolute Gasteiger partial charge is 0.467 e. The van der Waals surface area contributed by atoms with Crippen molar-refractivity contribution in [2.45, 2.75) is 32.2 Å².